The van der Waals surface area contributed by atoms with Gasteiger partial charge in [0.2, 0.25) is 11.0 Å². The van der Waals surface area contributed by atoms with Gasteiger partial charge in [-0.1, -0.05) is 41.1 Å². The van der Waals surface area contributed by atoms with Gasteiger partial charge < -0.3 is 4.74 Å². The Labute approximate surface area is 212 Å². The molecule has 0 atom stereocenters. The first-order valence-corrected chi connectivity index (χ1v) is 13.0. The Morgan fingerprint density at radius 2 is 1.71 bits per heavy atom. The second-order valence-electron chi connectivity index (χ2n) is 7.44. The number of benzene rings is 3. The van der Waals surface area contributed by atoms with Gasteiger partial charge in [-0.15, -0.1) is 10.2 Å². The number of ether oxygens (including phenoxy) is 1. The number of halogens is 1. The maximum Gasteiger partial charge on any atom is 0.264 e. The van der Waals surface area contributed by atoms with Gasteiger partial charge in [0.15, 0.2) is 0 Å². The average molecular weight is 529 g/mol. The molecule has 1 amide bonds. The molecule has 0 unspecified atom stereocenters. The Kier molecular flexibility index (Phi) is 7.34. The van der Waals surface area contributed by atoms with Gasteiger partial charge in [0, 0.05) is 10.6 Å². The molecular formula is C24H21ClN4O4S2. The first-order valence-electron chi connectivity index (χ1n) is 10.4. The topological polar surface area (TPSA) is 101 Å². The van der Waals surface area contributed by atoms with Crippen molar-refractivity contribution in [2.75, 3.05) is 23.3 Å². The van der Waals surface area contributed by atoms with Crippen LogP contribution in [0.4, 0.5) is 10.8 Å². The van der Waals surface area contributed by atoms with Gasteiger partial charge in [0.1, 0.15) is 17.3 Å². The number of methoxy groups -OCH3 is 1. The summed E-state index contributed by atoms with van der Waals surface area (Å²) in [6, 6.07) is 20.0. The molecule has 11 heteroatoms. The Morgan fingerprint density at radius 1 is 1.03 bits per heavy atom. The summed E-state index contributed by atoms with van der Waals surface area (Å²) in [5.74, 6) is 0.160. The second-order valence-corrected chi connectivity index (χ2v) is 10.7. The number of hydrogen-bond acceptors (Lipinski definition) is 7. The number of aromatic nitrogens is 2. The second kappa shape index (κ2) is 10.4. The summed E-state index contributed by atoms with van der Waals surface area (Å²) in [4.78, 5) is 13.0. The molecule has 0 saturated heterocycles. The van der Waals surface area contributed by atoms with Crippen molar-refractivity contribution in [1.29, 1.82) is 0 Å². The molecule has 0 saturated carbocycles. The lowest BCUT2D eigenvalue weighted by Gasteiger charge is -2.25. The number of sulfonamides is 1. The van der Waals surface area contributed by atoms with E-state index in [-0.39, 0.29) is 10.0 Å². The first kappa shape index (κ1) is 24.6. The number of hydrogen-bond donors (Lipinski definition) is 1. The third-order valence-electron chi connectivity index (χ3n) is 5.08. The SMILES string of the molecule is COc1ccc(-c2nnc(NC(=O)CN(c3ccccc3C)S(=O)(=O)c3ccc(Cl)cc3)s2)cc1. The summed E-state index contributed by atoms with van der Waals surface area (Å²) in [6.07, 6.45) is 0. The van der Waals surface area contributed by atoms with E-state index in [0.717, 1.165) is 9.87 Å². The fourth-order valence-electron chi connectivity index (χ4n) is 3.29. The van der Waals surface area contributed by atoms with Crippen molar-refractivity contribution >= 4 is 49.7 Å². The van der Waals surface area contributed by atoms with Crippen LogP contribution in [0.25, 0.3) is 10.6 Å². The van der Waals surface area contributed by atoms with Gasteiger partial charge in [-0.2, -0.15) is 0 Å². The van der Waals surface area contributed by atoms with Crippen molar-refractivity contribution in [3.05, 3.63) is 83.4 Å². The van der Waals surface area contributed by atoms with Crippen LogP contribution in [0, 0.1) is 6.92 Å². The molecule has 1 heterocycles. The van der Waals surface area contributed by atoms with E-state index >= 15 is 0 Å². The zero-order valence-corrected chi connectivity index (χ0v) is 21.2. The predicted molar refractivity (Wildman–Crippen MR) is 138 cm³/mol. The van der Waals surface area contributed by atoms with Crippen molar-refractivity contribution in [2.45, 2.75) is 11.8 Å². The summed E-state index contributed by atoms with van der Waals surface area (Å²) in [7, 11) is -2.47. The van der Waals surface area contributed by atoms with Crippen molar-refractivity contribution in [1.82, 2.24) is 10.2 Å². The Hall–Kier alpha value is -3.47. The van der Waals surface area contributed by atoms with E-state index in [9.17, 15) is 13.2 Å². The minimum absolute atomic E-state index is 0.0238. The molecule has 180 valence electrons. The summed E-state index contributed by atoms with van der Waals surface area (Å²) in [5.41, 5.74) is 1.92. The minimum Gasteiger partial charge on any atom is -0.497 e. The van der Waals surface area contributed by atoms with E-state index in [1.54, 1.807) is 50.4 Å². The van der Waals surface area contributed by atoms with Crippen LogP contribution in [0.1, 0.15) is 5.56 Å². The number of nitrogens with one attached hydrogen (secondary N) is 1. The van der Waals surface area contributed by atoms with Gasteiger partial charge in [0.25, 0.3) is 10.0 Å². The largest absolute Gasteiger partial charge is 0.497 e. The van der Waals surface area contributed by atoms with Crippen LogP contribution in [0.3, 0.4) is 0 Å². The lowest BCUT2D eigenvalue weighted by molar-refractivity contribution is -0.114. The lowest BCUT2D eigenvalue weighted by Crippen LogP contribution is -2.38. The molecule has 0 aliphatic heterocycles. The van der Waals surface area contributed by atoms with E-state index in [1.165, 1.54) is 35.6 Å². The molecule has 0 fully saturated rings. The molecule has 1 aromatic heterocycles. The number of anilines is 2. The van der Waals surface area contributed by atoms with Gasteiger partial charge in [-0.25, -0.2) is 8.42 Å². The predicted octanol–water partition coefficient (Wildman–Crippen LogP) is 5.01. The van der Waals surface area contributed by atoms with Gasteiger partial charge in [0.05, 0.1) is 17.7 Å². The summed E-state index contributed by atoms with van der Waals surface area (Å²) < 4.78 is 33.2. The van der Waals surface area contributed by atoms with Gasteiger partial charge in [-0.05, 0) is 67.1 Å². The number of para-hydroxylation sites is 1. The van der Waals surface area contributed by atoms with Crippen LogP contribution in [0.2, 0.25) is 5.02 Å². The lowest BCUT2D eigenvalue weighted by atomic mass is 10.2. The fourth-order valence-corrected chi connectivity index (χ4v) is 5.67. The highest BCUT2D eigenvalue weighted by Gasteiger charge is 2.28. The van der Waals surface area contributed by atoms with E-state index in [0.29, 0.717) is 27.0 Å². The van der Waals surface area contributed by atoms with Crippen LogP contribution < -0.4 is 14.4 Å². The third kappa shape index (κ3) is 5.61. The van der Waals surface area contributed by atoms with E-state index in [1.807, 2.05) is 12.1 Å². The average Bonchev–Trinajstić information content (AvgIpc) is 3.31. The molecule has 8 nitrogen and oxygen atoms in total. The Morgan fingerprint density at radius 3 is 2.37 bits per heavy atom. The van der Waals surface area contributed by atoms with Crippen LogP contribution >= 0.6 is 22.9 Å². The zero-order chi connectivity index (χ0) is 25.0. The minimum atomic E-state index is -4.06. The van der Waals surface area contributed by atoms with Crippen LogP contribution in [-0.2, 0) is 14.8 Å². The van der Waals surface area contributed by atoms with E-state index in [4.69, 9.17) is 16.3 Å². The van der Waals surface area contributed by atoms with E-state index in [2.05, 4.69) is 15.5 Å². The zero-order valence-electron chi connectivity index (χ0n) is 18.8. The molecule has 3 aromatic carbocycles. The molecule has 0 bridgehead atoms. The molecule has 1 N–H and O–H groups in total. The smallest absolute Gasteiger partial charge is 0.264 e. The standard InChI is InChI=1S/C24H21ClN4O4S2/c1-16-5-3-4-6-21(16)29(35(31,32)20-13-9-18(25)10-14-20)15-22(30)26-24-28-27-23(34-24)17-7-11-19(33-2)12-8-17/h3-14H,15H2,1-2H3,(H,26,28,30). The summed E-state index contributed by atoms with van der Waals surface area (Å²) >= 11 is 7.11. The number of carbonyl (C=O) groups is 1. The van der Waals surface area contributed by atoms with Crippen molar-refractivity contribution in [3.63, 3.8) is 0 Å². The highest BCUT2D eigenvalue weighted by molar-refractivity contribution is 7.92. The number of nitrogens with zero attached hydrogens (tertiary/aromatic N) is 3. The molecule has 0 aliphatic carbocycles. The molecule has 4 rings (SSSR count). The maximum atomic E-state index is 13.5. The molecule has 0 aliphatic rings. The van der Waals surface area contributed by atoms with Gasteiger partial charge >= 0.3 is 0 Å². The molecule has 4 aromatic rings. The number of rotatable bonds is 8. The summed E-state index contributed by atoms with van der Waals surface area (Å²) in [6.45, 7) is 1.33. The van der Waals surface area contributed by atoms with E-state index < -0.39 is 22.5 Å². The van der Waals surface area contributed by atoms with Crippen LogP contribution in [0.5, 0.6) is 5.75 Å². The number of aryl methyl sites for hydroxylation is 1. The highest BCUT2D eigenvalue weighted by Crippen LogP contribution is 2.29. The maximum absolute atomic E-state index is 13.5. The van der Waals surface area contributed by atoms with Crippen molar-refractivity contribution in [3.8, 4) is 16.3 Å². The molecule has 35 heavy (non-hydrogen) atoms. The Balaban J connectivity index is 1.58. The quantitative estimate of drug-likeness (QED) is 0.345. The summed E-state index contributed by atoms with van der Waals surface area (Å²) in [5, 5.41) is 12.1. The highest BCUT2D eigenvalue weighted by atomic mass is 35.5. The van der Waals surface area contributed by atoms with Gasteiger partial charge in [-0.3, -0.25) is 14.4 Å². The fraction of sp³-hybridized carbons (Fsp3) is 0.125. The van der Waals surface area contributed by atoms with Crippen molar-refractivity contribution in [2.24, 2.45) is 0 Å². The number of amides is 1. The van der Waals surface area contributed by atoms with Crippen molar-refractivity contribution < 1.29 is 17.9 Å². The normalized spacial score (nSPS) is 11.2. The molecule has 0 spiro atoms. The van der Waals surface area contributed by atoms with Crippen LogP contribution in [0.15, 0.2) is 77.7 Å². The van der Waals surface area contributed by atoms with Crippen LogP contribution in [-0.4, -0.2) is 38.2 Å². The monoisotopic (exact) mass is 528 g/mol. The Bertz CT molecular complexity index is 1440. The molecule has 0 radical (unpaired) electrons. The molecular weight excluding hydrogens is 508 g/mol. The number of carbonyl (C=O) groups excluding carboxylic acids is 1. The first-order chi connectivity index (χ1) is 16.8. The third-order valence-corrected chi connectivity index (χ3v) is 8.00.